The monoisotopic (exact) mass is 497 g/mol. The summed E-state index contributed by atoms with van der Waals surface area (Å²) >= 11 is 6.43. The highest BCUT2D eigenvalue weighted by atomic mass is 35.5. The van der Waals surface area contributed by atoms with Gasteiger partial charge in [0.05, 0.1) is 48.8 Å². The van der Waals surface area contributed by atoms with Crippen molar-refractivity contribution in [3.8, 4) is 11.5 Å². The number of ether oxygens (including phenoxy) is 3. The van der Waals surface area contributed by atoms with Gasteiger partial charge in [0.1, 0.15) is 12.1 Å². The second-order valence-corrected chi connectivity index (χ2v) is 7.91. The van der Waals surface area contributed by atoms with Gasteiger partial charge in [-0.15, -0.1) is 0 Å². The van der Waals surface area contributed by atoms with Crippen LogP contribution < -0.4 is 20.1 Å². The summed E-state index contributed by atoms with van der Waals surface area (Å²) in [7, 11) is 3.05. The number of fused-ring (bicyclic) bond motifs is 3. The number of carbonyl (C=O) groups excluding carboxylic acids is 2. The smallest absolute Gasteiger partial charge is 0.325 e. The minimum Gasteiger partial charge on any atom is -0.493 e. The van der Waals surface area contributed by atoms with Gasteiger partial charge in [-0.1, -0.05) is 23.7 Å². The molecule has 2 aromatic carbocycles. The average molecular weight is 498 g/mol. The highest BCUT2D eigenvalue weighted by molar-refractivity contribution is 6.33. The van der Waals surface area contributed by atoms with Crippen LogP contribution in [0.5, 0.6) is 11.5 Å². The summed E-state index contributed by atoms with van der Waals surface area (Å²) in [6, 6.07) is 8.97. The summed E-state index contributed by atoms with van der Waals surface area (Å²) in [4.78, 5) is 33.8. The van der Waals surface area contributed by atoms with Crippen LogP contribution in [0.25, 0.3) is 16.6 Å². The molecule has 0 spiro atoms. The van der Waals surface area contributed by atoms with E-state index < -0.39 is 11.9 Å². The number of benzene rings is 2. The van der Waals surface area contributed by atoms with Gasteiger partial charge in [0.2, 0.25) is 5.82 Å². The highest BCUT2D eigenvalue weighted by Gasteiger charge is 2.21. The Morgan fingerprint density at radius 2 is 1.86 bits per heavy atom. The molecule has 35 heavy (non-hydrogen) atoms. The lowest BCUT2D eigenvalue weighted by atomic mass is 10.2. The van der Waals surface area contributed by atoms with Crippen LogP contribution in [0.3, 0.4) is 0 Å². The summed E-state index contributed by atoms with van der Waals surface area (Å²) in [5.74, 6) is 0.314. The van der Waals surface area contributed by atoms with Crippen LogP contribution in [0.1, 0.15) is 23.1 Å². The van der Waals surface area contributed by atoms with Crippen LogP contribution in [0, 0.1) is 6.92 Å². The largest absolute Gasteiger partial charge is 0.493 e. The Morgan fingerprint density at radius 3 is 2.54 bits per heavy atom. The number of imidazole rings is 1. The van der Waals surface area contributed by atoms with E-state index in [1.54, 1.807) is 29.5 Å². The number of hydrogen-bond acceptors (Lipinski definition) is 8. The summed E-state index contributed by atoms with van der Waals surface area (Å²) in [5.41, 5.74) is 3.18. The molecular weight excluding hydrogens is 474 g/mol. The zero-order valence-corrected chi connectivity index (χ0v) is 20.4. The van der Waals surface area contributed by atoms with Gasteiger partial charge in [-0.3, -0.25) is 14.0 Å². The van der Waals surface area contributed by atoms with Gasteiger partial charge in [0.25, 0.3) is 5.91 Å². The minimum atomic E-state index is -0.555. The Bertz CT molecular complexity index is 1420. The number of nitrogens with one attached hydrogen (secondary N) is 2. The fourth-order valence-corrected chi connectivity index (χ4v) is 3.94. The van der Waals surface area contributed by atoms with Crippen molar-refractivity contribution in [2.24, 2.45) is 0 Å². The van der Waals surface area contributed by atoms with Gasteiger partial charge >= 0.3 is 5.97 Å². The maximum Gasteiger partial charge on any atom is 0.325 e. The molecule has 0 aliphatic rings. The highest BCUT2D eigenvalue weighted by Crippen LogP contribution is 2.36. The third-order valence-corrected chi connectivity index (χ3v) is 5.64. The Kier molecular flexibility index (Phi) is 6.92. The van der Waals surface area contributed by atoms with Crippen molar-refractivity contribution in [2.45, 2.75) is 13.8 Å². The fraction of sp³-hybridized carbons (Fsp3) is 0.250. The number of hydrogen-bond donors (Lipinski definition) is 2. The summed E-state index contributed by atoms with van der Waals surface area (Å²) < 4.78 is 17.4. The van der Waals surface area contributed by atoms with Crippen molar-refractivity contribution >= 4 is 51.5 Å². The molecule has 0 aliphatic carbocycles. The fourth-order valence-electron chi connectivity index (χ4n) is 3.67. The molecular formula is C24H24ClN5O5. The average Bonchev–Trinajstić information content (AvgIpc) is 3.30. The third kappa shape index (κ3) is 4.65. The van der Waals surface area contributed by atoms with Crippen molar-refractivity contribution in [1.82, 2.24) is 19.7 Å². The van der Waals surface area contributed by atoms with Gasteiger partial charge < -0.3 is 24.8 Å². The van der Waals surface area contributed by atoms with Crippen LogP contribution in [-0.2, 0) is 9.53 Å². The summed E-state index contributed by atoms with van der Waals surface area (Å²) in [5, 5.41) is 6.35. The molecule has 0 unspecified atom stereocenters. The minimum absolute atomic E-state index is 0.0582. The topological polar surface area (TPSA) is 116 Å². The van der Waals surface area contributed by atoms with Crippen LogP contribution >= 0.6 is 11.6 Å². The first-order chi connectivity index (χ1) is 16.9. The summed E-state index contributed by atoms with van der Waals surface area (Å²) in [6.07, 6.45) is 1.52. The predicted molar refractivity (Wildman–Crippen MR) is 132 cm³/mol. The predicted octanol–water partition coefficient (Wildman–Crippen LogP) is 3.90. The lowest BCUT2D eigenvalue weighted by Crippen LogP contribution is -2.32. The molecule has 4 aromatic rings. The number of esters is 1. The SMILES string of the molecule is CCOC(=O)CNC(=O)c1ncc2c(Nc3c(C)cccc3Cl)nc3cc(OC)c(OC)cc3n12. The lowest BCUT2D eigenvalue weighted by molar-refractivity contribution is -0.141. The van der Waals surface area contributed by atoms with E-state index in [0.717, 1.165) is 5.56 Å². The maximum atomic E-state index is 13.0. The molecule has 0 aliphatic heterocycles. The molecule has 0 saturated heterocycles. The van der Waals surface area contributed by atoms with Crippen molar-refractivity contribution < 1.29 is 23.8 Å². The molecule has 0 atom stereocenters. The van der Waals surface area contributed by atoms with Gasteiger partial charge in [-0.25, -0.2) is 9.97 Å². The number of rotatable bonds is 8. The quantitative estimate of drug-likeness (QED) is 0.352. The number of carbonyl (C=O) groups is 2. The molecule has 0 fully saturated rings. The van der Waals surface area contributed by atoms with E-state index in [1.165, 1.54) is 20.4 Å². The standard InChI is InChI=1S/C24H24ClN5O5/c1-5-35-20(31)12-27-24(32)23-26-11-17-22(29-21-13(2)7-6-8-14(21)25)28-15-9-18(33-3)19(34-4)10-16(15)30(17)23/h6-11H,5,12H2,1-4H3,(H,27,32)(H,28,29). The number of para-hydroxylation sites is 1. The summed E-state index contributed by atoms with van der Waals surface area (Å²) in [6.45, 7) is 3.55. The van der Waals surface area contributed by atoms with E-state index in [2.05, 4.69) is 15.6 Å². The molecule has 182 valence electrons. The number of amides is 1. The van der Waals surface area contributed by atoms with Crippen LogP contribution in [-0.4, -0.2) is 53.6 Å². The van der Waals surface area contributed by atoms with E-state index in [4.69, 9.17) is 30.8 Å². The number of methoxy groups -OCH3 is 2. The number of nitrogens with zero attached hydrogens (tertiary/aromatic N) is 3. The van der Waals surface area contributed by atoms with Gasteiger partial charge in [0, 0.05) is 12.1 Å². The molecule has 2 N–H and O–H groups in total. The molecule has 1 amide bonds. The molecule has 0 bridgehead atoms. The van der Waals surface area contributed by atoms with E-state index in [9.17, 15) is 9.59 Å². The van der Waals surface area contributed by atoms with Crippen molar-refractivity contribution in [3.05, 3.63) is 52.9 Å². The second-order valence-electron chi connectivity index (χ2n) is 7.50. The normalized spacial score (nSPS) is 10.9. The zero-order valence-electron chi connectivity index (χ0n) is 19.6. The molecule has 2 heterocycles. The van der Waals surface area contributed by atoms with Crippen LogP contribution in [0.15, 0.2) is 36.5 Å². The molecule has 0 radical (unpaired) electrons. The molecule has 2 aromatic heterocycles. The van der Waals surface area contributed by atoms with Crippen molar-refractivity contribution in [3.63, 3.8) is 0 Å². The number of anilines is 2. The molecule has 0 saturated carbocycles. The Balaban J connectivity index is 1.90. The van der Waals surface area contributed by atoms with Gasteiger partial charge in [-0.2, -0.15) is 0 Å². The maximum absolute atomic E-state index is 13.0. The van der Waals surface area contributed by atoms with E-state index >= 15 is 0 Å². The third-order valence-electron chi connectivity index (χ3n) is 5.33. The molecule has 11 heteroatoms. The van der Waals surface area contributed by atoms with Gasteiger partial charge in [0.15, 0.2) is 17.3 Å². The zero-order chi connectivity index (χ0) is 25.1. The number of aromatic nitrogens is 3. The van der Waals surface area contributed by atoms with Crippen LogP contribution in [0.2, 0.25) is 5.02 Å². The van der Waals surface area contributed by atoms with Crippen molar-refractivity contribution in [2.75, 3.05) is 32.7 Å². The van der Waals surface area contributed by atoms with Crippen molar-refractivity contribution in [1.29, 1.82) is 0 Å². The first-order valence-corrected chi connectivity index (χ1v) is 11.1. The van der Waals surface area contributed by atoms with E-state index in [-0.39, 0.29) is 19.0 Å². The van der Waals surface area contributed by atoms with E-state index in [0.29, 0.717) is 44.6 Å². The first-order valence-electron chi connectivity index (χ1n) is 10.8. The molecule has 10 nitrogen and oxygen atoms in total. The van der Waals surface area contributed by atoms with E-state index in [1.807, 2.05) is 19.1 Å². The Labute approximate surface area is 206 Å². The van der Waals surface area contributed by atoms with Gasteiger partial charge in [-0.05, 0) is 25.5 Å². The second kappa shape index (κ2) is 10.1. The first kappa shape index (κ1) is 24.1. The van der Waals surface area contributed by atoms with Crippen LogP contribution in [0.4, 0.5) is 11.5 Å². The lowest BCUT2D eigenvalue weighted by Gasteiger charge is -2.15. The Morgan fingerprint density at radius 1 is 1.11 bits per heavy atom. The Hall–Kier alpha value is -4.05. The number of aryl methyl sites for hydroxylation is 1. The number of halogens is 1. The molecule has 4 rings (SSSR count).